The van der Waals surface area contributed by atoms with Crippen molar-refractivity contribution in [2.24, 2.45) is 0 Å². The molecule has 0 aliphatic rings. The first-order chi connectivity index (χ1) is 8.50. The van der Waals surface area contributed by atoms with Gasteiger partial charge in [0.1, 0.15) is 12.2 Å². The molecule has 0 saturated carbocycles. The zero-order valence-corrected chi connectivity index (χ0v) is 12.6. The molecule has 0 fully saturated rings. The molecule has 0 radical (unpaired) electrons. The quantitative estimate of drug-likeness (QED) is 0.809. The highest BCUT2D eigenvalue weighted by Gasteiger charge is 2.22. The van der Waals surface area contributed by atoms with Gasteiger partial charge < -0.3 is 19.9 Å². The number of aliphatic hydroxyl groups is 1. The van der Waals surface area contributed by atoms with Crippen molar-refractivity contribution in [2.75, 3.05) is 26.8 Å². The number of methoxy groups -OCH3 is 1. The Morgan fingerprint density at radius 2 is 2.17 bits per heavy atom. The van der Waals surface area contributed by atoms with E-state index < -0.39 is 5.60 Å². The van der Waals surface area contributed by atoms with Gasteiger partial charge in [0.05, 0.1) is 11.6 Å². The molecule has 0 saturated heterocycles. The molecule has 5 heteroatoms. The number of hydrogen-bond donors (Lipinski definition) is 2. The van der Waals surface area contributed by atoms with E-state index in [1.165, 1.54) is 0 Å². The Balaban J connectivity index is 2.68. The Labute approximate surface area is 116 Å². The van der Waals surface area contributed by atoms with Crippen LogP contribution in [0.5, 0.6) is 11.5 Å². The summed E-state index contributed by atoms with van der Waals surface area (Å²) in [6.45, 7) is 5.22. The van der Waals surface area contributed by atoms with E-state index in [0.29, 0.717) is 18.0 Å². The molecule has 0 bridgehead atoms. The molecule has 1 aromatic rings. The van der Waals surface area contributed by atoms with Crippen LogP contribution in [0, 0.1) is 0 Å². The predicted octanol–water partition coefficient (Wildman–Crippen LogP) is 2.20. The summed E-state index contributed by atoms with van der Waals surface area (Å²) in [5, 5.41) is 13.2. The maximum absolute atomic E-state index is 10.1. The van der Waals surface area contributed by atoms with Crippen LogP contribution in [-0.4, -0.2) is 37.5 Å². The molecule has 4 nitrogen and oxygen atoms in total. The molecule has 0 amide bonds. The lowest BCUT2D eigenvalue weighted by molar-refractivity contribution is 0.0117. The Kier molecular flexibility index (Phi) is 5.91. The van der Waals surface area contributed by atoms with Gasteiger partial charge in [0.15, 0.2) is 11.5 Å². The van der Waals surface area contributed by atoms with E-state index in [2.05, 4.69) is 21.2 Å². The van der Waals surface area contributed by atoms with Crippen molar-refractivity contribution in [2.45, 2.75) is 19.4 Å². The first kappa shape index (κ1) is 15.3. The molecule has 1 rings (SSSR count). The Bertz CT molecular complexity index is 382. The van der Waals surface area contributed by atoms with Gasteiger partial charge >= 0.3 is 0 Å². The number of rotatable bonds is 7. The molecule has 102 valence electrons. The van der Waals surface area contributed by atoms with Gasteiger partial charge in [0, 0.05) is 6.54 Å². The Morgan fingerprint density at radius 3 is 2.78 bits per heavy atom. The molecule has 1 aromatic carbocycles. The van der Waals surface area contributed by atoms with Crippen LogP contribution < -0.4 is 14.8 Å². The van der Waals surface area contributed by atoms with Gasteiger partial charge in [0.2, 0.25) is 0 Å². The summed E-state index contributed by atoms with van der Waals surface area (Å²) in [7, 11) is 1.59. The summed E-state index contributed by atoms with van der Waals surface area (Å²) in [4.78, 5) is 0. The normalized spacial score (nSPS) is 14.1. The highest BCUT2D eigenvalue weighted by Crippen LogP contribution is 2.35. The third kappa shape index (κ3) is 4.48. The SMILES string of the molecule is CCNCC(C)(O)COc1c(Br)cccc1OC. The van der Waals surface area contributed by atoms with E-state index in [4.69, 9.17) is 9.47 Å². The van der Waals surface area contributed by atoms with Gasteiger partial charge in [-0.3, -0.25) is 0 Å². The third-order valence-electron chi connectivity index (χ3n) is 2.43. The molecule has 0 aromatic heterocycles. The summed E-state index contributed by atoms with van der Waals surface area (Å²) < 4.78 is 11.7. The van der Waals surface area contributed by atoms with Crippen molar-refractivity contribution in [1.29, 1.82) is 0 Å². The van der Waals surface area contributed by atoms with Crippen molar-refractivity contribution in [3.8, 4) is 11.5 Å². The maximum atomic E-state index is 10.1. The fraction of sp³-hybridized carbons (Fsp3) is 0.538. The van der Waals surface area contributed by atoms with Crippen molar-refractivity contribution >= 4 is 15.9 Å². The number of hydrogen-bond acceptors (Lipinski definition) is 4. The van der Waals surface area contributed by atoms with Crippen molar-refractivity contribution < 1.29 is 14.6 Å². The lowest BCUT2D eigenvalue weighted by Gasteiger charge is -2.24. The van der Waals surface area contributed by atoms with Crippen LogP contribution in [0.1, 0.15) is 13.8 Å². The van der Waals surface area contributed by atoms with Crippen molar-refractivity contribution in [1.82, 2.24) is 5.32 Å². The fourth-order valence-corrected chi connectivity index (χ4v) is 1.93. The summed E-state index contributed by atoms with van der Waals surface area (Å²) in [6, 6.07) is 5.56. The molecule has 2 N–H and O–H groups in total. The van der Waals surface area contributed by atoms with E-state index in [0.717, 1.165) is 11.0 Å². The van der Waals surface area contributed by atoms with Gasteiger partial charge in [-0.2, -0.15) is 0 Å². The van der Waals surface area contributed by atoms with Crippen LogP contribution in [0.2, 0.25) is 0 Å². The van der Waals surface area contributed by atoms with E-state index >= 15 is 0 Å². The van der Waals surface area contributed by atoms with Gasteiger partial charge in [-0.05, 0) is 41.5 Å². The first-order valence-electron chi connectivity index (χ1n) is 5.88. The average molecular weight is 318 g/mol. The van der Waals surface area contributed by atoms with Crippen LogP contribution in [0.4, 0.5) is 0 Å². The van der Waals surface area contributed by atoms with Crippen molar-refractivity contribution in [3.05, 3.63) is 22.7 Å². The lowest BCUT2D eigenvalue weighted by Crippen LogP contribution is -2.42. The van der Waals surface area contributed by atoms with Gasteiger partial charge in [-0.15, -0.1) is 0 Å². The summed E-state index contributed by atoms with van der Waals surface area (Å²) in [6.07, 6.45) is 0. The molecular formula is C13H20BrNO3. The van der Waals surface area contributed by atoms with E-state index in [-0.39, 0.29) is 6.61 Å². The smallest absolute Gasteiger partial charge is 0.175 e. The number of ether oxygens (including phenoxy) is 2. The summed E-state index contributed by atoms with van der Waals surface area (Å²) in [5.74, 6) is 1.25. The first-order valence-corrected chi connectivity index (χ1v) is 6.68. The second-order valence-electron chi connectivity index (χ2n) is 4.34. The average Bonchev–Trinajstić information content (AvgIpc) is 2.34. The predicted molar refractivity (Wildman–Crippen MR) is 75.4 cm³/mol. The van der Waals surface area contributed by atoms with Crippen LogP contribution in [0.15, 0.2) is 22.7 Å². The second-order valence-corrected chi connectivity index (χ2v) is 5.19. The molecule has 1 unspecified atom stereocenters. The number of halogens is 1. The van der Waals surface area contributed by atoms with Crippen LogP contribution >= 0.6 is 15.9 Å². The lowest BCUT2D eigenvalue weighted by atomic mass is 10.1. The largest absolute Gasteiger partial charge is 0.493 e. The van der Waals surface area contributed by atoms with E-state index in [1.807, 2.05) is 25.1 Å². The topological polar surface area (TPSA) is 50.7 Å². The summed E-state index contributed by atoms with van der Waals surface area (Å²) >= 11 is 3.41. The number of nitrogens with one attached hydrogen (secondary N) is 1. The molecule has 0 spiro atoms. The molecular weight excluding hydrogens is 298 g/mol. The van der Waals surface area contributed by atoms with Gasteiger partial charge in [0.25, 0.3) is 0 Å². The third-order valence-corrected chi connectivity index (χ3v) is 3.06. The minimum Gasteiger partial charge on any atom is -0.493 e. The molecule has 0 heterocycles. The minimum absolute atomic E-state index is 0.193. The van der Waals surface area contributed by atoms with Crippen LogP contribution in [-0.2, 0) is 0 Å². The monoisotopic (exact) mass is 317 g/mol. The Hall–Kier alpha value is -0.780. The molecule has 18 heavy (non-hydrogen) atoms. The molecule has 0 aliphatic carbocycles. The second kappa shape index (κ2) is 6.97. The van der Waals surface area contributed by atoms with Gasteiger partial charge in [-0.25, -0.2) is 0 Å². The van der Waals surface area contributed by atoms with E-state index in [1.54, 1.807) is 14.0 Å². The standard InChI is InChI=1S/C13H20BrNO3/c1-4-15-8-13(2,16)9-18-12-10(14)6-5-7-11(12)17-3/h5-7,15-16H,4,8-9H2,1-3H3. The van der Waals surface area contributed by atoms with Crippen LogP contribution in [0.25, 0.3) is 0 Å². The fourth-order valence-electron chi connectivity index (χ4n) is 1.46. The van der Waals surface area contributed by atoms with Crippen molar-refractivity contribution in [3.63, 3.8) is 0 Å². The van der Waals surface area contributed by atoms with E-state index in [9.17, 15) is 5.11 Å². The summed E-state index contributed by atoms with van der Waals surface area (Å²) in [5.41, 5.74) is -0.920. The maximum Gasteiger partial charge on any atom is 0.175 e. The highest BCUT2D eigenvalue weighted by atomic mass is 79.9. The molecule has 0 aliphatic heterocycles. The number of para-hydroxylation sites is 1. The molecule has 1 atom stereocenters. The van der Waals surface area contributed by atoms with Crippen LogP contribution in [0.3, 0.4) is 0 Å². The number of likely N-dealkylation sites (N-methyl/N-ethyl adjacent to an activating group) is 1. The Morgan fingerprint density at radius 1 is 1.44 bits per heavy atom. The zero-order chi connectivity index (χ0) is 13.6. The minimum atomic E-state index is -0.920. The highest BCUT2D eigenvalue weighted by molar-refractivity contribution is 9.10. The van der Waals surface area contributed by atoms with Gasteiger partial charge in [-0.1, -0.05) is 13.0 Å². The number of benzene rings is 1. The zero-order valence-electron chi connectivity index (χ0n) is 11.0.